The first kappa shape index (κ1) is 14.0. The number of nitrogens with two attached hydrogens (primary N) is 1. The molecule has 0 aliphatic rings. The number of nitrogen functional groups attached to an aromatic ring is 1. The Morgan fingerprint density at radius 2 is 1.95 bits per heavy atom. The molecule has 0 fully saturated rings. The minimum absolute atomic E-state index is 0.207. The number of carbonyl (C=O) groups is 1. The van der Waals surface area contributed by atoms with E-state index in [9.17, 15) is 4.79 Å². The summed E-state index contributed by atoms with van der Waals surface area (Å²) in [6.45, 7) is 5.48. The summed E-state index contributed by atoms with van der Waals surface area (Å²) in [4.78, 5) is 12.3. The summed E-state index contributed by atoms with van der Waals surface area (Å²) in [6.07, 6.45) is 0. The lowest BCUT2D eigenvalue weighted by atomic mass is 10.1. The summed E-state index contributed by atoms with van der Waals surface area (Å²) in [5, 5.41) is 2.81. The van der Waals surface area contributed by atoms with Gasteiger partial charge in [0.15, 0.2) is 0 Å². The molecule has 0 unspecified atom stereocenters. The first-order valence-corrected chi connectivity index (χ1v) is 6.25. The van der Waals surface area contributed by atoms with Gasteiger partial charge in [0.25, 0.3) is 5.91 Å². The molecule has 1 aromatic heterocycles. The second kappa shape index (κ2) is 5.28. The molecular formula is C15H18N2O3. The van der Waals surface area contributed by atoms with Crippen LogP contribution in [0.5, 0.6) is 5.75 Å². The van der Waals surface area contributed by atoms with Gasteiger partial charge in [-0.15, -0.1) is 0 Å². The maximum atomic E-state index is 12.3. The van der Waals surface area contributed by atoms with Crippen molar-refractivity contribution in [1.29, 1.82) is 0 Å². The van der Waals surface area contributed by atoms with Gasteiger partial charge < -0.3 is 20.2 Å². The maximum Gasteiger partial charge on any atom is 0.259 e. The highest BCUT2D eigenvalue weighted by molar-refractivity contribution is 6.06. The second-order valence-corrected chi connectivity index (χ2v) is 4.63. The van der Waals surface area contributed by atoms with Gasteiger partial charge in [0.05, 0.1) is 18.4 Å². The summed E-state index contributed by atoms with van der Waals surface area (Å²) >= 11 is 0. The van der Waals surface area contributed by atoms with Crippen LogP contribution in [0.4, 0.5) is 11.4 Å². The average molecular weight is 274 g/mol. The van der Waals surface area contributed by atoms with Gasteiger partial charge in [-0.2, -0.15) is 0 Å². The Balaban J connectivity index is 2.26. The summed E-state index contributed by atoms with van der Waals surface area (Å²) < 4.78 is 10.5. The molecule has 1 heterocycles. The number of aryl methyl sites for hydroxylation is 2. The first-order valence-electron chi connectivity index (χ1n) is 6.25. The van der Waals surface area contributed by atoms with Crippen LogP contribution >= 0.6 is 0 Å². The number of amides is 1. The van der Waals surface area contributed by atoms with Gasteiger partial charge in [-0.3, -0.25) is 4.79 Å². The SMILES string of the molecule is COc1ccc(NC(=O)c2c(C)oc(C)c2C)cc1N. The van der Waals surface area contributed by atoms with Gasteiger partial charge >= 0.3 is 0 Å². The maximum absolute atomic E-state index is 12.3. The molecule has 1 aromatic carbocycles. The van der Waals surface area contributed by atoms with Crippen LogP contribution < -0.4 is 15.8 Å². The molecule has 5 heteroatoms. The van der Waals surface area contributed by atoms with Crippen LogP contribution in [0.25, 0.3) is 0 Å². The Hall–Kier alpha value is -2.43. The zero-order chi connectivity index (χ0) is 14.9. The van der Waals surface area contributed by atoms with Crippen LogP contribution in [0, 0.1) is 20.8 Å². The summed E-state index contributed by atoms with van der Waals surface area (Å²) in [5.74, 6) is 1.73. The molecule has 2 aromatic rings. The number of furan rings is 1. The van der Waals surface area contributed by atoms with Crippen molar-refractivity contribution in [2.24, 2.45) is 0 Å². The van der Waals surface area contributed by atoms with Crippen molar-refractivity contribution in [1.82, 2.24) is 0 Å². The van der Waals surface area contributed by atoms with Crippen LogP contribution in [-0.4, -0.2) is 13.0 Å². The van der Waals surface area contributed by atoms with E-state index in [1.54, 1.807) is 32.2 Å². The molecular weight excluding hydrogens is 256 g/mol. The van der Waals surface area contributed by atoms with Crippen molar-refractivity contribution in [2.75, 3.05) is 18.2 Å². The highest BCUT2D eigenvalue weighted by atomic mass is 16.5. The van der Waals surface area contributed by atoms with Crippen LogP contribution in [0.2, 0.25) is 0 Å². The number of ether oxygens (including phenoxy) is 1. The smallest absolute Gasteiger partial charge is 0.259 e. The highest BCUT2D eigenvalue weighted by Gasteiger charge is 2.18. The van der Waals surface area contributed by atoms with Gasteiger partial charge in [-0.1, -0.05) is 0 Å². The van der Waals surface area contributed by atoms with E-state index < -0.39 is 0 Å². The number of benzene rings is 1. The fraction of sp³-hybridized carbons (Fsp3) is 0.267. The molecule has 0 radical (unpaired) electrons. The fourth-order valence-corrected chi connectivity index (χ4v) is 2.13. The zero-order valence-electron chi connectivity index (χ0n) is 12.0. The van der Waals surface area contributed by atoms with Crippen LogP contribution in [0.15, 0.2) is 22.6 Å². The molecule has 0 aliphatic heterocycles. The van der Waals surface area contributed by atoms with E-state index in [4.69, 9.17) is 14.9 Å². The summed E-state index contributed by atoms with van der Waals surface area (Å²) in [5.41, 5.74) is 8.32. The standard InChI is InChI=1S/C15H18N2O3/c1-8-9(2)20-10(3)14(8)15(18)17-11-5-6-13(19-4)12(16)7-11/h5-7H,16H2,1-4H3,(H,17,18). The van der Waals surface area contributed by atoms with Gasteiger partial charge in [-0.05, 0) is 39.0 Å². The van der Waals surface area contributed by atoms with E-state index in [0.29, 0.717) is 28.4 Å². The highest BCUT2D eigenvalue weighted by Crippen LogP contribution is 2.26. The average Bonchev–Trinajstić information content (AvgIpc) is 2.63. The molecule has 20 heavy (non-hydrogen) atoms. The molecule has 0 saturated carbocycles. The normalized spacial score (nSPS) is 10.4. The molecule has 1 amide bonds. The number of anilines is 2. The van der Waals surface area contributed by atoms with Crippen molar-refractivity contribution in [3.63, 3.8) is 0 Å². The Morgan fingerprint density at radius 1 is 1.25 bits per heavy atom. The first-order chi connectivity index (χ1) is 9.43. The molecule has 0 bridgehead atoms. The Kier molecular flexibility index (Phi) is 3.70. The van der Waals surface area contributed by atoms with E-state index in [2.05, 4.69) is 5.32 Å². The molecule has 0 atom stereocenters. The quantitative estimate of drug-likeness (QED) is 0.843. The van der Waals surface area contributed by atoms with E-state index in [0.717, 1.165) is 11.3 Å². The molecule has 0 spiro atoms. The van der Waals surface area contributed by atoms with Gasteiger partial charge in [0.1, 0.15) is 17.3 Å². The van der Waals surface area contributed by atoms with Crippen LogP contribution in [0.3, 0.4) is 0 Å². The zero-order valence-corrected chi connectivity index (χ0v) is 12.0. The van der Waals surface area contributed by atoms with E-state index >= 15 is 0 Å². The van der Waals surface area contributed by atoms with Crippen molar-refractivity contribution in [3.8, 4) is 5.75 Å². The topological polar surface area (TPSA) is 77.5 Å². The van der Waals surface area contributed by atoms with Gasteiger partial charge in [-0.25, -0.2) is 0 Å². The predicted octanol–water partition coefficient (Wildman–Crippen LogP) is 3.05. The van der Waals surface area contributed by atoms with Crippen molar-refractivity contribution < 1.29 is 13.9 Å². The number of nitrogens with one attached hydrogen (secondary N) is 1. The van der Waals surface area contributed by atoms with Crippen LogP contribution in [0.1, 0.15) is 27.4 Å². The molecule has 5 nitrogen and oxygen atoms in total. The second-order valence-electron chi connectivity index (χ2n) is 4.63. The number of carbonyl (C=O) groups excluding carboxylic acids is 1. The number of hydrogen-bond donors (Lipinski definition) is 2. The molecule has 2 rings (SSSR count). The largest absolute Gasteiger partial charge is 0.495 e. The van der Waals surface area contributed by atoms with E-state index in [1.165, 1.54) is 0 Å². The van der Waals surface area contributed by atoms with Gasteiger partial charge in [0, 0.05) is 11.3 Å². The summed E-state index contributed by atoms with van der Waals surface area (Å²) in [6, 6.07) is 5.12. The fourth-order valence-electron chi connectivity index (χ4n) is 2.13. The lowest BCUT2D eigenvalue weighted by Gasteiger charge is -2.09. The lowest BCUT2D eigenvalue weighted by molar-refractivity contribution is 0.102. The van der Waals surface area contributed by atoms with Crippen molar-refractivity contribution >= 4 is 17.3 Å². The molecule has 3 N–H and O–H groups in total. The monoisotopic (exact) mass is 274 g/mol. The number of hydrogen-bond acceptors (Lipinski definition) is 4. The lowest BCUT2D eigenvalue weighted by Crippen LogP contribution is -2.13. The van der Waals surface area contributed by atoms with Gasteiger partial charge in [0.2, 0.25) is 0 Å². The van der Waals surface area contributed by atoms with Crippen LogP contribution in [-0.2, 0) is 0 Å². The van der Waals surface area contributed by atoms with Crippen molar-refractivity contribution in [2.45, 2.75) is 20.8 Å². The Bertz CT molecular complexity index is 659. The third-order valence-corrected chi connectivity index (χ3v) is 3.28. The minimum Gasteiger partial charge on any atom is -0.495 e. The molecule has 0 saturated heterocycles. The Labute approximate surface area is 117 Å². The minimum atomic E-state index is -0.207. The predicted molar refractivity (Wildman–Crippen MR) is 78.3 cm³/mol. The van der Waals surface area contributed by atoms with Crippen molar-refractivity contribution in [3.05, 3.63) is 40.8 Å². The number of methoxy groups -OCH3 is 1. The molecule has 106 valence electrons. The molecule has 0 aliphatic carbocycles. The van der Waals surface area contributed by atoms with E-state index in [-0.39, 0.29) is 5.91 Å². The third-order valence-electron chi connectivity index (χ3n) is 3.28. The summed E-state index contributed by atoms with van der Waals surface area (Å²) in [7, 11) is 1.55. The number of rotatable bonds is 3. The Morgan fingerprint density at radius 3 is 2.45 bits per heavy atom. The van der Waals surface area contributed by atoms with E-state index in [1.807, 2.05) is 13.8 Å². The third kappa shape index (κ3) is 2.47.